The van der Waals surface area contributed by atoms with Crippen LogP contribution in [0, 0.1) is 0 Å². The molecule has 0 atom stereocenters. The second-order valence-corrected chi connectivity index (χ2v) is 8.25. The Morgan fingerprint density at radius 2 is 1.59 bits per heavy atom. The topological polar surface area (TPSA) is 44.5 Å². The molecule has 0 heterocycles. The summed E-state index contributed by atoms with van der Waals surface area (Å²) in [5.74, 6) is 2.61. The molecular formula is C22H21Br2NO2. The number of anilines is 1. The third-order valence-electron chi connectivity index (χ3n) is 4.08. The Labute approximate surface area is 176 Å². The van der Waals surface area contributed by atoms with Crippen LogP contribution in [0.25, 0.3) is 0 Å². The van der Waals surface area contributed by atoms with Crippen molar-refractivity contribution in [2.45, 2.75) is 26.4 Å². The molecule has 0 saturated heterocycles. The smallest absolute Gasteiger partial charge is 0.155 e. The number of nitrogens with two attached hydrogens (primary N) is 1. The molecule has 0 radical (unpaired) electrons. The maximum Gasteiger partial charge on any atom is 0.155 e. The largest absolute Gasteiger partial charge is 0.489 e. The zero-order valence-electron chi connectivity index (χ0n) is 15.2. The molecule has 0 aliphatic rings. The number of hydrogen-bond acceptors (Lipinski definition) is 3. The van der Waals surface area contributed by atoms with Gasteiger partial charge in [0.1, 0.15) is 18.1 Å². The highest BCUT2D eigenvalue weighted by molar-refractivity contribution is 9.11. The minimum absolute atomic E-state index is 0.303. The Morgan fingerprint density at radius 1 is 0.926 bits per heavy atom. The van der Waals surface area contributed by atoms with E-state index in [-0.39, 0.29) is 0 Å². The van der Waals surface area contributed by atoms with E-state index >= 15 is 0 Å². The minimum Gasteiger partial charge on any atom is -0.489 e. The summed E-state index contributed by atoms with van der Waals surface area (Å²) in [5, 5.41) is 0. The lowest BCUT2D eigenvalue weighted by atomic mass is 10.0. The van der Waals surface area contributed by atoms with Crippen LogP contribution >= 0.6 is 31.9 Å². The molecule has 5 heteroatoms. The molecule has 0 aromatic heterocycles. The van der Waals surface area contributed by atoms with Crippen LogP contribution in [0.1, 0.15) is 30.9 Å². The predicted octanol–water partition coefficient (Wildman–Crippen LogP) is 7.29. The van der Waals surface area contributed by atoms with Crippen molar-refractivity contribution >= 4 is 37.5 Å². The van der Waals surface area contributed by atoms with Crippen LogP contribution < -0.4 is 15.2 Å². The normalized spacial score (nSPS) is 10.9. The Bertz CT molecular complexity index is 904. The molecule has 140 valence electrons. The van der Waals surface area contributed by atoms with E-state index in [2.05, 4.69) is 57.8 Å². The lowest BCUT2D eigenvalue weighted by molar-refractivity contribution is 0.301. The van der Waals surface area contributed by atoms with Gasteiger partial charge in [-0.15, -0.1) is 0 Å². The van der Waals surface area contributed by atoms with Crippen LogP contribution in [0.4, 0.5) is 5.69 Å². The first kappa shape index (κ1) is 19.8. The molecule has 3 rings (SSSR count). The van der Waals surface area contributed by atoms with Gasteiger partial charge in [-0.05, 0) is 73.7 Å². The summed E-state index contributed by atoms with van der Waals surface area (Å²) < 4.78 is 13.8. The summed E-state index contributed by atoms with van der Waals surface area (Å²) >= 11 is 7.02. The summed E-state index contributed by atoms with van der Waals surface area (Å²) in [5.41, 5.74) is 8.76. The average molecular weight is 491 g/mol. The van der Waals surface area contributed by atoms with E-state index in [4.69, 9.17) is 15.2 Å². The van der Waals surface area contributed by atoms with Crippen LogP contribution in [0.15, 0.2) is 69.6 Å². The van der Waals surface area contributed by atoms with Crippen molar-refractivity contribution in [3.63, 3.8) is 0 Å². The summed E-state index contributed by atoms with van der Waals surface area (Å²) in [6, 6.07) is 19.7. The molecule has 0 unspecified atom stereocenters. The van der Waals surface area contributed by atoms with Crippen molar-refractivity contribution in [2.75, 3.05) is 5.73 Å². The molecule has 0 amide bonds. The zero-order chi connectivity index (χ0) is 19.4. The second-order valence-electron chi connectivity index (χ2n) is 6.54. The van der Waals surface area contributed by atoms with E-state index < -0.39 is 0 Å². The van der Waals surface area contributed by atoms with E-state index in [1.54, 1.807) is 0 Å². The van der Waals surface area contributed by atoms with Crippen molar-refractivity contribution < 1.29 is 9.47 Å². The number of rotatable bonds is 6. The fourth-order valence-corrected chi connectivity index (χ4v) is 4.09. The predicted molar refractivity (Wildman–Crippen MR) is 118 cm³/mol. The molecule has 0 fully saturated rings. The Kier molecular flexibility index (Phi) is 6.45. The fourth-order valence-electron chi connectivity index (χ4n) is 2.70. The molecule has 3 aromatic carbocycles. The maximum absolute atomic E-state index is 6.10. The van der Waals surface area contributed by atoms with E-state index in [1.165, 1.54) is 0 Å². The minimum atomic E-state index is 0.303. The van der Waals surface area contributed by atoms with Crippen molar-refractivity contribution in [2.24, 2.45) is 0 Å². The highest BCUT2D eigenvalue weighted by atomic mass is 79.9. The van der Waals surface area contributed by atoms with Crippen LogP contribution in [-0.2, 0) is 6.61 Å². The SMILES string of the molecule is CC(C)c1cc(Oc2c(Br)cc(N)cc2Br)ccc1OCc1ccccc1. The van der Waals surface area contributed by atoms with E-state index in [0.29, 0.717) is 24.0 Å². The summed E-state index contributed by atoms with van der Waals surface area (Å²) in [4.78, 5) is 0. The van der Waals surface area contributed by atoms with E-state index in [1.807, 2.05) is 48.5 Å². The molecular weight excluding hydrogens is 470 g/mol. The molecule has 0 aliphatic heterocycles. The zero-order valence-corrected chi connectivity index (χ0v) is 18.4. The second kappa shape index (κ2) is 8.81. The lowest BCUT2D eigenvalue weighted by Crippen LogP contribution is -2.00. The molecule has 27 heavy (non-hydrogen) atoms. The third kappa shape index (κ3) is 5.05. The van der Waals surface area contributed by atoms with Crippen LogP contribution in [0.5, 0.6) is 17.2 Å². The van der Waals surface area contributed by atoms with Gasteiger partial charge >= 0.3 is 0 Å². The summed E-state index contributed by atoms with van der Waals surface area (Å²) in [6.07, 6.45) is 0. The molecule has 3 aromatic rings. The number of ether oxygens (including phenoxy) is 2. The van der Waals surface area contributed by atoms with Gasteiger partial charge in [0.2, 0.25) is 0 Å². The van der Waals surface area contributed by atoms with Crippen molar-refractivity contribution in [3.05, 3.63) is 80.7 Å². The van der Waals surface area contributed by atoms with Crippen molar-refractivity contribution in [1.82, 2.24) is 0 Å². The number of benzene rings is 3. The number of halogens is 2. The standard InChI is InChI=1S/C22H21Br2NO2/c1-14(2)18-12-17(27-22-19(23)10-16(25)11-20(22)24)8-9-21(18)26-13-15-6-4-3-5-7-15/h3-12,14H,13,25H2,1-2H3. The maximum atomic E-state index is 6.10. The molecule has 3 nitrogen and oxygen atoms in total. The van der Waals surface area contributed by atoms with E-state index in [0.717, 1.165) is 31.6 Å². The van der Waals surface area contributed by atoms with Crippen LogP contribution in [-0.4, -0.2) is 0 Å². The molecule has 0 spiro atoms. The van der Waals surface area contributed by atoms with Gasteiger partial charge in [0, 0.05) is 11.3 Å². The van der Waals surface area contributed by atoms with Crippen LogP contribution in [0.3, 0.4) is 0 Å². The van der Waals surface area contributed by atoms with Gasteiger partial charge in [-0.25, -0.2) is 0 Å². The highest BCUT2D eigenvalue weighted by Crippen LogP contribution is 2.40. The Morgan fingerprint density at radius 3 is 2.22 bits per heavy atom. The number of hydrogen-bond donors (Lipinski definition) is 1. The first-order valence-corrected chi connectivity index (χ1v) is 10.3. The molecule has 2 N–H and O–H groups in total. The third-order valence-corrected chi connectivity index (χ3v) is 5.26. The number of nitrogen functional groups attached to an aromatic ring is 1. The summed E-state index contributed by atoms with van der Waals surface area (Å²) in [7, 11) is 0. The van der Waals surface area contributed by atoms with Gasteiger partial charge in [-0.2, -0.15) is 0 Å². The first-order chi connectivity index (χ1) is 12.9. The monoisotopic (exact) mass is 489 g/mol. The van der Waals surface area contributed by atoms with Gasteiger partial charge in [0.05, 0.1) is 8.95 Å². The van der Waals surface area contributed by atoms with Gasteiger partial charge in [-0.1, -0.05) is 44.2 Å². The van der Waals surface area contributed by atoms with Gasteiger partial charge in [0.15, 0.2) is 5.75 Å². The van der Waals surface area contributed by atoms with Gasteiger partial charge < -0.3 is 15.2 Å². The molecule has 0 saturated carbocycles. The lowest BCUT2D eigenvalue weighted by Gasteiger charge is -2.17. The first-order valence-electron chi connectivity index (χ1n) is 8.67. The average Bonchev–Trinajstić information content (AvgIpc) is 2.64. The van der Waals surface area contributed by atoms with Crippen LogP contribution in [0.2, 0.25) is 0 Å². The molecule has 0 aliphatic carbocycles. The quantitative estimate of drug-likeness (QED) is 0.369. The fraction of sp³-hybridized carbons (Fsp3) is 0.182. The van der Waals surface area contributed by atoms with Gasteiger partial charge in [0.25, 0.3) is 0 Å². The molecule has 0 bridgehead atoms. The summed E-state index contributed by atoms with van der Waals surface area (Å²) in [6.45, 7) is 4.82. The van der Waals surface area contributed by atoms with Gasteiger partial charge in [-0.3, -0.25) is 0 Å². The van der Waals surface area contributed by atoms with Crippen molar-refractivity contribution in [3.8, 4) is 17.2 Å². The highest BCUT2D eigenvalue weighted by Gasteiger charge is 2.13. The van der Waals surface area contributed by atoms with Crippen molar-refractivity contribution in [1.29, 1.82) is 0 Å². The Balaban J connectivity index is 1.83. The van der Waals surface area contributed by atoms with E-state index in [9.17, 15) is 0 Å². The Hall–Kier alpha value is -1.98.